The van der Waals surface area contributed by atoms with E-state index in [9.17, 15) is 14.4 Å². The fraction of sp³-hybridized carbons (Fsp3) is 0.0714. The Hall–Kier alpha value is -2.22. The second kappa shape index (κ2) is 8.05. The minimum Gasteiger partial charge on any atom is -0.342 e. The number of carbonyl (C=O) groups is 2. The first-order chi connectivity index (χ1) is 11.3. The number of hydrazine groups is 1. The Morgan fingerprint density at radius 2 is 1.54 bits per heavy atom. The number of nitrogens with one attached hydrogen (secondary N) is 3. The molecule has 1 heterocycles. The second-order valence-corrected chi connectivity index (χ2v) is 5.84. The topological polar surface area (TPSA) is 92.2 Å². The first-order valence-electron chi connectivity index (χ1n) is 6.51. The molecule has 3 N–H and O–H groups in total. The first kappa shape index (κ1) is 18.1. The summed E-state index contributed by atoms with van der Waals surface area (Å²) in [7, 11) is 0. The van der Waals surface area contributed by atoms with Gasteiger partial charge in [-0.1, -0.05) is 34.8 Å². The standard InChI is InChI=1S/C14H11Cl3N4O3/c15-8-1-3-9(4-2-8)18-14(24)20-19-12(22)7-21-5-10(16)13(23)11(17)6-21/h1-6H,7H2,(H,19,22)(H2,18,20,24). The molecule has 10 heteroatoms. The Labute approximate surface area is 151 Å². The molecule has 1 aromatic heterocycles. The van der Waals surface area contributed by atoms with Gasteiger partial charge in [0.15, 0.2) is 0 Å². The van der Waals surface area contributed by atoms with Crippen molar-refractivity contribution in [2.45, 2.75) is 6.54 Å². The van der Waals surface area contributed by atoms with Gasteiger partial charge >= 0.3 is 6.03 Å². The van der Waals surface area contributed by atoms with Gasteiger partial charge in [-0.25, -0.2) is 10.2 Å². The van der Waals surface area contributed by atoms with Crippen LogP contribution >= 0.6 is 34.8 Å². The van der Waals surface area contributed by atoms with E-state index in [2.05, 4.69) is 16.2 Å². The molecular formula is C14H11Cl3N4O3. The van der Waals surface area contributed by atoms with Crippen molar-refractivity contribution in [3.63, 3.8) is 0 Å². The highest BCUT2D eigenvalue weighted by Gasteiger charge is 2.08. The molecule has 0 atom stereocenters. The Morgan fingerprint density at radius 3 is 2.12 bits per heavy atom. The maximum absolute atomic E-state index is 11.8. The molecule has 2 aromatic rings. The number of pyridine rings is 1. The maximum atomic E-state index is 11.8. The monoisotopic (exact) mass is 388 g/mol. The van der Waals surface area contributed by atoms with Gasteiger partial charge in [0, 0.05) is 23.1 Å². The third-order valence-electron chi connectivity index (χ3n) is 2.74. The Morgan fingerprint density at radius 1 is 0.958 bits per heavy atom. The molecule has 0 aliphatic heterocycles. The van der Waals surface area contributed by atoms with Crippen molar-refractivity contribution >= 4 is 52.4 Å². The van der Waals surface area contributed by atoms with Crippen LogP contribution < -0.4 is 21.6 Å². The summed E-state index contributed by atoms with van der Waals surface area (Å²) in [6, 6.07) is 5.79. The number of rotatable bonds is 3. The van der Waals surface area contributed by atoms with Crippen molar-refractivity contribution in [2.24, 2.45) is 0 Å². The van der Waals surface area contributed by atoms with Crippen LogP contribution in [0.5, 0.6) is 0 Å². The molecule has 3 amide bonds. The second-order valence-electron chi connectivity index (χ2n) is 4.59. The van der Waals surface area contributed by atoms with E-state index >= 15 is 0 Å². The number of benzene rings is 1. The molecular weight excluding hydrogens is 379 g/mol. The third-order valence-corrected chi connectivity index (χ3v) is 3.53. The summed E-state index contributed by atoms with van der Waals surface area (Å²) in [5.41, 5.74) is 4.37. The fourth-order valence-corrected chi connectivity index (χ4v) is 2.31. The van der Waals surface area contributed by atoms with Crippen LogP contribution in [-0.2, 0) is 11.3 Å². The lowest BCUT2D eigenvalue weighted by Crippen LogP contribution is -2.45. The largest absolute Gasteiger partial charge is 0.342 e. The molecule has 1 aromatic carbocycles. The molecule has 0 unspecified atom stereocenters. The SMILES string of the molecule is O=C(Cn1cc(Cl)c(=O)c(Cl)c1)NNC(=O)Nc1ccc(Cl)cc1. The Balaban J connectivity index is 1.85. The average Bonchev–Trinajstić information content (AvgIpc) is 2.53. The zero-order chi connectivity index (χ0) is 17.7. The zero-order valence-corrected chi connectivity index (χ0v) is 14.2. The fourth-order valence-electron chi connectivity index (χ4n) is 1.68. The van der Waals surface area contributed by atoms with E-state index in [0.717, 1.165) is 0 Å². The molecule has 0 fully saturated rings. The molecule has 126 valence electrons. The van der Waals surface area contributed by atoms with Crippen LogP contribution in [0.15, 0.2) is 41.5 Å². The summed E-state index contributed by atoms with van der Waals surface area (Å²) in [4.78, 5) is 34.8. The predicted octanol–water partition coefficient (Wildman–Crippen LogP) is 2.66. The molecule has 24 heavy (non-hydrogen) atoms. The smallest absolute Gasteiger partial charge is 0.337 e. The molecule has 2 rings (SSSR count). The molecule has 7 nitrogen and oxygen atoms in total. The number of anilines is 1. The first-order valence-corrected chi connectivity index (χ1v) is 7.65. The highest BCUT2D eigenvalue weighted by molar-refractivity contribution is 6.34. The molecule has 0 radical (unpaired) electrons. The van der Waals surface area contributed by atoms with Crippen molar-refractivity contribution in [3.8, 4) is 0 Å². The van der Waals surface area contributed by atoms with E-state index in [1.165, 1.54) is 17.0 Å². The van der Waals surface area contributed by atoms with Gasteiger partial charge in [-0.05, 0) is 24.3 Å². The van der Waals surface area contributed by atoms with Gasteiger partial charge in [-0.2, -0.15) is 0 Å². The number of aromatic nitrogens is 1. The van der Waals surface area contributed by atoms with Crippen LogP contribution in [0.25, 0.3) is 0 Å². The van der Waals surface area contributed by atoms with Gasteiger partial charge < -0.3 is 9.88 Å². The lowest BCUT2D eigenvalue weighted by Gasteiger charge is -2.11. The van der Waals surface area contributed by atoms with Crippen molar-refractivity contribution < 1.29 is 9.59 Å². The number of urea groups is 1. The third kappa shape index (κ3) is 5.16. The molecule has 0 saturated heterocycles. The predicted molar refractivity (Wildman–Crippen MR) is 92.5 cm³/mol. The molecule has 0 spiro atoms. The normalized spacial score (nSPS) is 10.1. The molecule has 0 bridgehead atoms. The molecule has 0 saturated carbocycles. The lowest BCUT2D eigenvalue weighted by molar-refractivity contribution is -0.122. The summed E-state index contributed by atoms with van der Waals surface area (Å²) in [6.45, 7) is -0.194. The van der Waals surface area contributed by atoms with Crippen molar-refractivity contribution in [3.05, 3.63) is 62.0 Å². The number of halogens is 3. The quantitative estimate of drug-likeness (QED) is 0.705. The summed E-state index contributed by atoms with van der Waals surface area (Å²) in [6.07, 6.45) is 2.53. The van der Waals surface area contributed by atoms with E-state index < -0.39 is 17.4 Å². The van der Waals surface area contributed by atoms with E-state index in [-0.39, 0.29) is 16.6 Å². The van der Waals surface area contributed by atoms with E-state index in [0.29, 0.717) is 10.7 Å². The zero-order valence-electron chi connectivity index (χ0n) is 12.0. The summed E-state index contributed by atoms with van der Waals surface area (Å²) < 4.78 is 1.32. The van der Waals surface area contributed by atoms with Crippen LogP contribution in [-0.4, -0.2) is 16.5 Å². The summed E-state index contributed by atoms with van der Waals surface area (Å²) in [5, 5.41) is 2.82. The highest BCUT2D eigenvalue weighted by atomic mass is 35.5. The minimum atomic E-state index is -0.637. The van der Waals surface area contributed by atoms with Gasteiger partial charge in [0.25, 0.3) is 5.91 Å². The van der Waals surface area contributed by atoms with Crippen LogP contribution in [0, 0.1) is 0 Å². The van der Waals surface area contributed by atoms with Crippen molar-refractivity contribution in [1.29, 1.82) is 0 Å². The van der Waals surface area contributed by atoms with Gasteiger partial charge in [-0.15, -0.1) is 0 Å². The number of hydrogen-bond donors (Lipinski definition) is 3. The summed E-state index contributed by atoms with van der Waals surface area (Å²) in [5.74, 6) is -0.544. The van der Waals surface area contributed by atoms with Gasteiger partial charge in [-0.3, -0.25) is 15.0 Å². The van der Waals surface area contributed by atoms with E-state index in [4.69, 9.17) is 34.8 Å². The van der Waals surface area contributed by atoms with Gasteiger partial charge in [0.05, 0.1) is 0 Å². The van der Waals surface area contributed by atoms with Crippen LogP contribution in [0.3, 0.4) is 0 Å². The number of hydrogen-bond acceptors (Lipinski definition) is 3. The number of amides is 3. The van der Waals surface area contributed by atoms with Crippen LogP contribution in [0.2, 0.25) is 15.1 Å². The number of carbonyl (C=O) groups excluding carboxylic acids is 2. The van der Waals surface area contributed by atoms with E-state index in [1.807, 2.05) is 0 Å². The van der Waals surface area contributed by atoms with Crippen molar-refractivity contribution in [1.82, 2.24) is 15.4 Å². The summed E-state index contributed by atoms with van der Waals surface area (Å²) >= 11 is 17.1. The minimum absolute atomic E-state index is 0.108. The van der Waals surface area contributed by atoms with Crippen molar-refractivity contribution in [2.75, 3.05) is 5.32 Å². The molecule has 0 aliphatic rings. The lowest BCUT2D eigenvalue weighted by atomic mass is 10.3. The highest BCUT2D eigenvalue weighted by Crippen LogP contribution is 2.13. The number of nitrogens with zero attached hydrogens (tertiary/aromatic N) is 1. The average molecular weight is 390 g/mol. The van der Waals surface area contributed by atoms with Gasteiger partial charge in [0.1, 0.15) is 16.6 Å². The Kier molecular flexibility index (Phi) is 6.08. The maximum Gasteiger partial charge on any atom is 0.337 e. The van der Waals surface area contributed by atoms with E-state index in [1.54, 1.807) is 24.3 Å². The van der Waals surface area contributed by atoms with Gasteiger partial charge in [0.2, 0.25) is 5.43 Å². The van der Waals surface area contributed by atoms with Crippen LogP contribution in [0.4, 0.5) is 10.5 Å². The Bertz CT molecular complexity index is 795. The van der Waals surface area contributed by atoms with Crippen LogP contribution in [0.1, 0.15) is 0 Å². The molecule has 0 aliphatic carbocycles.